The van der Waals surface area contributed by atoms with E-state index in [2.05, 4.69) is 9.97 Å². The summed E-state index contributed by atoms with van der Waals surface area (Å²) < 4.78 is 6.57. The number of hydrogen-bond acceptors (Lipinski definition) is 7. The molecule has 0 bridgehead atoms. The molecular formula is C28H24ClN3O4S. The third kappa shape index (κ3) is 4.47. The molecule has 1 unspecified atom stereocenters. The average Bonchev–Trinajstić information content (AvgIpc) is 3.41. The summed E-state index contributed by atoms with van der Waals surface area (Å²) in [5.74, 6) is -1.16. The molecule has 188 valence electrons. The highest BCUT2D eigenvalue weighted by Crippen LogP contribution is 2.44. The lowest BCUT2D eigenvalue weighted by Gasteiger charge is -2.22. The zero-order valence-electron chi connectivity index (χ0n) is 20.5. The van der Waals surface area contributed by atoms with Gasteiger partial charge in [0.25, 0.3) is 5.78 Å². The Labute approximate surface area is 223 Å². The number of halogens is 1. The number of ketones is 1. The van der Waals surface area contributed by atoms with Crippen molar-refractivity contribution < 1.29 is 19.4 Å². The van der Waals surface area contributed by atoms with Gasteiger partial charge >= 0.3 is 5.91 Å². The topological polar surface area (TPSA) is 92.6 Å². The van der Waals surface area contributed by atoms with Crippen LogP contribution in [0, 0.1) is 13.8 Å². The molecule has 1 fully saturated rings. The lowest BCUT2D eigenvalue weighted by Crippen LogP contribution is -2.29. The van der Waals surface area contributed by atoms with Crippen LogP contribution >= 0.6 is 22.9 Å². The summed E-state index contributed by atoms with van der Waals surface area (Å²) in [4.78, 5) is 37.2. The molecule has 5 rings (SSSR count). The van der Waals surface area contributed by atoms with E-state index >= 15 is 0 Å². The van der Waals surface area contributed by atoms with Crippen molar-refractivity contribution in [2.24, 2.45) is 0 Å². The normalized spacial score (nSPS) is 17.1. The lowest BCUT2D eigenvalue weighted by molar-refractivity contribution is -0.132. The Hall–Kier alpha value is -3.75. The molecule has 2 aromatic carbocycles. The summed E-state index contributed by atoms with van der Waals surface area (Å²) in [5.41, 5.74) is 3.12. The number of amides is 1. The number of benzene rings is 2. The quantitative estimate of drug-likeness (QED) is 0.176. The molecule has 9 heteroatoms. The fourth-order valence-electron chi connectivity index (χ4n) is 4.31. The van der Waals surface area contributed by atoms with Gasteiger partial charge in [0.05, 0.1) is 28.1 Å². The van der Waals surface area contributed by atoms with E-state index in [4.69, 9.17) is 16.3 Å². The van der Waals surface area contributed by atoms with Crippen LogP contribution < -0.4 is 9.64 Å². The molecule has 1 N–H and O–H groups in total. The van der Waals surface area contributed by atoms with Gasteiger partial charge in [0.15, 0.2) is 5.13 Å². The van der Waals surface area contributed by atoms with Crippen molar-refractivity contribution in [2.75, 3.05) is 11.5 Å². The molecule has 1 amide bonds. The van der Waals surface area contributed by atoms with Crippen LogP contribution in [0.15, 0.2) is 60.3 Å². The molecule has 3 heterocycles. The van der Waals surface area contributed by atoms with E-state index in [1.807, 2.05) is 26.8 Å². The zero-order valence-corrected chi connectivity index (χ0v) is 22.1. The summed E-state index contributed by atoms with van der Waals surface area (Å²) >= 11 is 7.57. The SMILES string of the molecule is CCCOc1ccc(/C(O)=C2\C(=O)C(=O)N(c3nc4cc(Cl)c(C)cc4s3)C2c2ccccn2)cc1C. The van der Waals surface area contributed by atoms with E-state index in [0.29, 0.717) is 39.3 Å². The summed E-state index contributed by atoms with van der Waals surface area (Å²) in [6, 6.07) is 13.1. The number of aliphatic hydroxyl groups excluding tert-OH is 1. The van der Waals surface area contributed by atoms with Crippen LogP contribution in [-0.4, -0.2) is 33.4 Å². The number of nitrogens with zero attached hydrogens (tertiary/aromatic N) is 3. The first-order valence-electron chi connectivity index (χ1n) is 11.8. The Morgan fingerprint density at radius 3 is 2.65 bits per heavy atom. The fraction of sp³-hybridized carbons (Fsp3) is 0.214. The van der Waals surface area contributed by atoms with Crippen LogP contribution in [0.25, 0.3) is 16.0 Å². The van der Waals surface area contributed by atoms with Crippen LogP contribution in [0.5, 0.6) is 5.75 Å². The molecule has 0 saturated carbocycles. The number of thiazole rings is 1. The van der Waals surface area contributed by atoms with Crippen molar-refractivity contribution in [3.05, 3.63) is 87.7 Å². The summed E-state index contributed by atoms with van der Waals surface area (Å²) in [6.07, 6.45) is 2.45. The second-order valence-corrected chi connectivity index (χ2v) is 10.2. The Kier molecular flexibility index (Phi) is 6.70. The van der Waals surface area contributed by atoms with Crippen molar-refractivity contribution in [1.29, 1.82) is 0 Å². The van der Waals surface area contributed by atoms with Gasteiger partial charge in [0, 0.05) is 16.8 Å². The van der Waals surface area contributed by atoms with E-state index in [9.17, 15) is 14.7 Å². The number of fused-ring (bicyclic) bond motifs is 1. The molecule has 7 nitrogen and oxygen atoms in total. The minimum atomic E-state index is -0.949. The van der Waals surface area contributed by atoms with Crippen molar-refractivity contribution in [2.45, 2.75) is 33.2 Å². The summed E-state index contributed by atoms with van der Waals surface area (Å²) in [5, 5.41) is 12.3. The number of carbonyl (C=O) groups is 2. The van der Waals surface area contributed by atoms with Gasteiger partial charge in [0.1, 0.15) is 17.6 Å². The maximum Gasteiger partial charge on any atom is 0.301 e. The van der Waals surface area contributed by atoms with E-state index in [0.717, 1.165) is 22.2 Å². The van der Waals surface area contributed by atoms with Crippen LogP contribution in [-0.2, 0) is 9.59 Å². The third-order valence-corrected chi connectivity index (χ3v) is 7.61. The predicted molar refractivity (Wildman–Crippen MR) is 145 cm³/mol. The number of ether oxygens (including phenoxy) is 1. The Morgan fingerprint density at radius 1 is 1.14 bits per heavy atom. The number of carbonyl (C=O) groups excluding carboxylic acids is 2. The van der Waals surface area contributed by atoms with Crippen LogP contribution in [0.2, 0.25) is 5.02 Å². The monoisotopic (exact) mass is 533 g/mol. The zero-order chi connectivity index (χ0) is 26.3. The van der Waals surface area contributed by atoms with Gasteiger partial charge in [-0.1, -0.05) is 35.9 Å². The molecule has 1 atom stereocenters. The standard InChI is InChI=1S/C28H24ClN3O4S/c1-4-11-36-21-9-8-17(12-16(21)3)25(33)23-24(19-7-5-6-10-30-19)32(27(35)26(23)34)28-31-20-14-18(29)15(2)13-22(20)37-28/h5-10,12-14,24,33H,4,11H2,1-3H3/b25-23+. The van der Waals surface area contributed by atoms with Gasteiger partial charge in [-0.25, -0.2) is 4.98 Å². The van der Waals surface area contributed by atoms with Gasteiger partial charge in [-0.15, -0.1) is 0 Å². The Bertz CT molecular complexity index is 1530. The first-order valence-corrected chi connectivity index (χ1v) is 13.0. The van der Waals surface area contributed by atoms with Crippen molar-refractivity contribution in [3.8, 4) is 5.75 Å². The molecule has 4 aromatic rings. The molecule has 1 aliphatic rings. The van der Waals surface area contributed by atoms with E-state index in [1.165, 1.54) is 16.2 Å². The number of aliphatic hydroxyl groups is 1. The number of hydrogen-bond donors (Lipinski definition) is 1. The number of pyridine rings is 1. The highest BCUT2D eigenvalue weighted by molar-refractivity contribution is 7.22. The molecule has 1 saturated heterocycles. The lowest BCUT2D eigenvalue weighted by atomic mass is 9.97. The number of rotatable bonds is 6. The van der Waals surface area contributed by atoms with Crippen LogP contribution in [0.4, 0.5) is 5.13 Å². The van der Waals surface area contributed by atoms with Gasteiger partial charge in [-0.3, -0.25) is 19.5 Å². The Balaban J connectivity index is 1.66. The maximum atomic E-state index is 13.4. The molecular weight excluding hydrogens is 510 g/mol. The summed E-state index contributed by atoms with van der Waals surface area (Å²) in [7, 11) is 0. The van der Waals surface area contributed by atoms with Gasteiger partial charge in [-0.2, -0.15) is 0 Å². The smallest absolute Gasteiger partial charge is 0.301 e. The maximum absolute atomic E-state index is 13.4. The number of aromatic nitrogens is 2. The first-order chi connectivity index (χ1) is 17.8. The van der Waals surface area contributed by atoms with E-state index in [-0.39, 0.29) is 11.3 Å². The molecule has 2 aromatic heterocycles. The third-order valence-electron chi connectivity index (χ3n) is 6.19. The average molecular weight is 534 g/mol. The minimum Gasteiger partial charge on any atom is -0.507 e. The van der Waals surface area contributed by atoms with E-state index in [1.54, 1.807) is 48.7 Å². The first kappa shape index (κ1) is 24.9. The summed E-state index contributed by atoms with van der Waals surface area (Å²) in [6.45, 7) is 6.35. The highest BCUT2D eigenvalue weighted by atomic mass is 35.5. The molecule has 37 heavy (non-hydrogen) atoms. The van der Waals surface area contributed by atoms with Gasteiger partial charge in [-0.05, 0) is 73.9 Å². The molecule has 1 aliphatic heterocycles. The fourth-order valence-corrected chi connectivity index (χ4v) is 5.54. The van der Waals surface area contributed by atoms with Crippen molar-refractivity contribution in [3.63, 3.8) is 0 Å². The molecule has 0 radical (unpaired) electrons. The van der Waals surface area contributed by atoms with E-state index < -0.39 is 17.7 Å². The van der Waals surface area contributed by atoms with Crippen LogP contribution in [0.3, 0.4) is 0 Å². The molecule has 0 aliphatic carbocycles. The number of aryl methyl sites for hydroxylation is 2. The highest BCUT2D eigenvalue weighted by Gasteiger charge is 2.48. The minimum absolute atomic E-state index is 0.0428. The predicted octanol–water partition coefficient (Wildman–Crippen LogP) is 6.38. The Morgan fingerprint density at radius 2 is 1.95 bits per heavy atom. The number of Topliss-reactive ketones (excluding diaryl/α,β-unsaturated/α-hetero) is 1. The largest absolute Gasteiger partial charge is 0.507 e. The van der Waals surface area contributed by atoms with Crippen molar-refractivity contribution >= 4 is 55.7 Å². The van der Waals surface area contributed by atoms with Gasteiger partial charge in [0.2, 0.25) is 0 Å². The second-order valence-electron chi connectivity index (χ2n) is 8.82. The molecule has 0 spiro atoms. The number of anilines is 1. The van der Waals surface area contributed by atoms with Crippen LogP contribution in [0.1, 0.15) is 41.8 Å². The second kappa shape index (κ2) is 9.95. The van der Waals surface area contributed by atoms with Crippen molar-refractivity contribution in [1.82, 2.24) is 9.97 Å². The van der Waals surface area contributed by atoms with Gasteiger partial charge < -0.3 is 9.84 Å².